The Labute approximate surface area is 112 Å². The Morgan fingerprint density at radius 2 is 2.16 bits per heavy atom. The summed E-state index contributed by atoms with van der Waals surface area (Å²) in [6.45, 7) is 5.60. The van der Waals surface area contributed by atoms with E-state index in [0.29, 0.717) is 5.69 Å². The van der Waals surface area contributed by atoms with Gasteiger partial charge < -0.3 is 10.6 Å². The van der Waals surface area contributed by atoms with E-state index < -0.39 is 11.9 Å². The van der Waals surface area contributed by atoms with Crippen molar-refractivity contribution in [2.24, 2.45) is 0 Å². The molecule has 0 fully saturated rings. The minimum atomic E-state index is -0.494. The van der Waals surface area contributed by atoms with Gasteiger partial charge in [-0.1, -0.05) is 6.92 Å². The van der Waals surface area contributed by atoms with Gasteiger partial charge in [0.1, 0.15) is 17.9 Å². The number of rotatable bonds is 5. The van der Waals surface area contributed by atoms with Crippen LogP contribution in [0.25, 0.3) is 0 Å². The van der Waals surface area contributed by atoms with E-state index in [4.69, 9.17) is 5.26 Å². The lowest BCUT2D eigenvalue weighted by molar-refractivity contribution is -0.122. The summed E-state index contributed by atoms with van der Waals surface area (Å²) in [5.41, 5.74) is 0.638. The molecule has 0 aliphatic carbocycles. The third-order valence-electron chi connectivity index (χ3n) is 2.87. The van der Waals surface area contributed by atoms with Gasteiger partial charge in [-0.2, -0.15) is 5.26 Å². The molecular weight excluding hydrogens is 245 g/mol. The molecule has 102 valence electrons. The molecule has 0 saturated carbocycles. The molecule has 1 aromatic carbocycles. The van der Waals surface area contributed by atoms with Crippen molar-refractivity contribution >= 4 is 11.6 Å². The fourth-order valence-electron chi connectivity index (χ4n) is 1.50. The van der Waals surface area contributed by atoms with E-state index in [9.17, 15) is 9.18 Å². The summed E-state index contributed by atoms with van der Waals surface area (Å²) in [5.74, 6) is -0.624. The monoisotopic (exact) mass is 263 g/mol. The predicted molar refractivity (Wildman–Crippen MR) is 72.1 cm³/mol. The van der Waals surface area contributed by atoms with E-state index in [0.717, 1.165) is 12.5 Å². The second-order valence-corrected chi connectivity index (χ2v) is 4.49. The standard InChI is InChI=1S/C14H18FN3O/c1-4-9(2)17-14(19)10(3)18-13-6-5-12(15)7-11(13)8-16/h5-7,9-10,18H,4H2,1-3H3,(H,17,19). The number of nitrogens with one attached hydrogen (secondary N) is 2. The molecule has 1 aromatic rings. The van der Waals surface area contributed by atoms with Gasteiger partial charge >= 0.3 is 0 Å². The van der Waals surface area contributed by atoms with Crippen LogP contribution in [0.5, 0.6) is 0 Å². The highest BCUT2D eigenvalue weighted by atomic mass is 19.1. The molecule has 1 amide bonds. The lowest BCUT2D eigenvalue weighted by Gasteiger charge is -2.18. The van der Waals surface area contributed by atoms with Crippen molar-refractivity contribution in [2.75, 3.05) is 5.32 Å². The highest BCUT2D eigenvalue weighted by Crippen LogP contribution is 2.17. The molecule has 0 radical (unpaired) electrons. The van der Waals surface area contributed by atoms with Crippen LogP contribution in [0.1, 0.15) is 32.8 Å². The van der Waals surface area contributed by atoms with Gasteiger partial charge in [0.05, 0.1) is 11.3 Å². The maximum Gasteiger partial charge on any atom is 0.242 e. The number of benzene rings is 1. The van der Waals surface area contributed by atoms with E-state index in [2.05, 4.69) is 10.6 Å². The Bertz CT molecular complexity index is 496. The van der Waals surface area contributed by atoms with Crippen LogP contribution in [-0.2, 0) is 4.79 Å². The first-order valence-electron chi connectivity index (χ1n) is 6.24. The number of halogens is 1. The summed E-state index contributed by atoms with van der Waals surface area (Å²) < 4.78 is 13.0. The maximum absolute atomic E-state index is 13.0. The van der Waals surface area contributed by atoms with Crippen molar-refractivity contribution in [1.29, 1.82) is 5.26 Å². The zero-order valence-electron chi connectivity index (χ0n) is 11.3. The normalized spacial score (nSPS) is 13.2. The van der Waals surface area contributed by atoms with Gasteiger partial charge in [0.15, 0.2) is 0 Å². The smallest absolute Gasteiger partial charge is 0.242 e. The highest BCUT2D eigenvalue weighted by Gasteiger charge is 2.15. The Morgan fingerprint density at radius 1 is 1.47 bits per heavy atom. The minimum absolute atomic E-state index is 0.0976. The molecule has 4 nitrogen and oxygen atoms in total. The second kappa shape index (κ2) is 6.74. The van der Waals surface area contributed by atoms with Crippen LogP contribution >= 0.6 is 0 Å². The first-order chi connectivity index (χ1) is 8.97. The van der Waals surface area contributed by atoms with Crippen LogP contribution in [0.2, 0.25) is 0 Å². The predicted octanol–water partition coefficient (Wildman–Crippen LogP) is 2.41. The number of amides is 1. The van der Waals surface area contributed by atoms with Crippen molar-refractivity contribution in [3.8, 4) is 6.07 Å². The van der Waals surface area contributed by atoms with Gasteiger partial charge in [0, 0.05) is 6.04 Å². The SMILES string of the molecule is CCC(C)NC(=O)C(C)Nc1ccc(F)cc1C#N. The third-order valence-corrected chi connectivity index (χ3v) is 2.87. The molecule has 0 heterocycles. The topological polar surface area (TPSA) is 64.9 Å². The summed E-state index contributed by atoms with van der Waals surface area (Å²) in [4.78, 5) is 11.9. The lowest BCUT2D eigenvalue weighted by Crippen LogP contribution is -2.41. The molecule has 2 unspecified atom stereocenters. The van der Waals surface area contributed by atoms with E-state index >= 15 is 0 Å². The number of nitrogens with zero attached hydrogens (tertiary/aromatic N) is 1. The number of carbonyl (C=O) groups is 1. The van der Waals surface area contributed by atoms with Crippen LogP contribution < -0.4 is 10.6 Å². The summed E-state index contributed by atoms with van der Waals surface area (Å²) in [5, 5.41) is 14.7. The van der Waals surface area contributed by atoms with Gasteiger partial charge in [0.25, 0.3) is 0 Å². The molecule has 0 bridgehead atoms. The number of hydrogen-bond acceptors (Lipinski definition) is 3. The largest absolute Gasteiger partial charge is 0.373 e. The molecule has 0 saturated heterocycles. The molecule has 1 rings (SSSR count). The van der Waals surface area contributed by atoms with Crippen LogP contribution in [0.3, 0.4) is 0 Å². The van der Waals surface area contributed by atoms with Gasteiger partial charge in [-0.3, -0.25) is 4.79 Å². The number of hydrogen-bond donors (Lipinski definition) is 2. The summed E-state index contributed by atoms with van der Waals surface area (Å²) in [7, 11) is 0. The maximum atomic E-state index is 13.0. The van der Waals surface area contributed by atoms with E-state index in [1.807, 2.05) is 19.9 Å². The number of nitriles is 1. The Balaban J connectivity index is 2.74. The highest BCUT2D eigenvalue weighted by molar-refractivity contribution is 5.84. The molecule has 2 atom stereocenters. The molecular formula is C14H18FN3O. The van der Waals surface area contributed by atoms with Gasteiger partial charge in [-0.05, 0) is 38.5 Å². The molecule has 2 N–H and O–H groups in total. The van der Waals surface area contributed by atoms with Gasteiger partial charge in [-0.15, -0.1) is 0 Å². The molecule has 0 aromatic heterocycles. The number of anilines is 1. The van der Waals surface area contributed by atoms with Crippen molar-refractivity contribution in [3.05, 3.63) is 29.6 Å². The Kier molecular flexibility index (Phi) is 5.31. The minimum Gasteiger partial charge on any atom is -0.373 e. The van der Waals surface area contributed by atoms with Gasteiger partial charge in [-0.25, -0.2) is 4.39 Å². The van der Waals surface area contributed by atoms with Crippen molar-refractivity contribution in [1.82, 2.24) is 5.32 Å². The quantitative estimate of drug-likeness (QED) is 0.857. The average molecular weight is 263 g/mol. The van der Waals surface area contributed by atoms with Crippen LogP contribution in [-0.4, -0.2) is 18.0 Å². The van der Waals surface area contributed by atoms with Crippen molar-refractivity contribution < 1.29 is 9.18 Å². The molecule has 19 heavy (non-hydrogen) atoms. The third kappa shape index (κ3) is 4.25. The second-order valence-electron chi connectivity index (χ2n) is 4.49. The molecule has 0 spiro atoms. The van der Waals surface area contributed by atoms with E-state index in [1.165, 1.54) is 12.1 Å². The summed E-state index contributed by atoms with van der Waals surface area (Å²) in [6, 6.07) is 5.35. The zero-order valence-corrected chi connectivity index (χ0v) is 11.3. The molecule has 5 heteroatoms. The van der Waals surface area contributed by atoms with E-state index in [-0.39, 0.29) is 17.5 Å². The van der Waals surface area contributed by atoms with E-state index in [1.54, 1.807) is 6.92 Å². The Hall–Kier alpha value is -2.09. The van der Waals surface area contributed by atoms with Gasteiger partial charge in [0.2, 0.25) is 5.91 Å². The van der Waals surface area contributed by atoms with Crippen LogP contribution in [0, 0.1) is 17.1 Å². The Morgan fingerprint density at radius 3 is 2.74 bits per heavy atom. The summed E-state index contributed by atoms with van der Waals surface area (Å²) >= 11 is 0. The average Bonchev–Trinajstić information content (AvgIpc) is 2.40. The lowest BCUT2D eigenvalue weighted by atomic mass is 10.1. The van der Waals surface area contributed by atoms with Crippen LogP contribution in [0.4, 0.5) is 10.1 Å². The molecule has 0 aliphatic heterocycles. The fraction of sp³-hybridized carbons (Fsp3) is 0.429. The summed E-state index contributed by atoms with van der Waals surface area (Å²) in [6.07, 6.45) is 0.846. The number of carbonyl (C=O) groups excluding carboxylic acids is 1. The first-order valence-corrected chi connectivity index (χ1v) is 6.24. The molecule has 0 aliphatic rings. The fourth-order valence-corrected chi connectivity index (χ4v) is 1.50. The first kappa shape index (κ1) is 15.0. The van der Waals surface area contributed by atoms with Crippen molar-refractivity contribution in [2.45, 2.75) is 39.3 Å². The van der Waals surface area contributed by atoms with Crippen LogP contribution in [0.15, 0.2) is 18.2 Å². The zero-order chi connectivity index (χ0) is 14.4. The van der Waals surface area contributed by atoms with Crippen molar-refractivity contribution in [3.63, 3.8) is 0 Å².